The highest BCUT2D eigenvalue weighted by Gasteiger charge is 2.23. The maximum atomic E-state index is 3.79. The van der Waals surface area contributed by atoms with Crippen LogP contribution in [-0.4, -0.2) is 12.6 Å². The van der Waals surface area contributed by atoms with Gasteiger partial charge in [-0.15, -0.1) is 0 Å². The van der Waals surface area contributed by atoms with Crippen LogP contribution in [0.15, 0.2) is 11.6 Å². The molecule has 0 aromatic heterocycles. The summed E-state index contributed by atoms with van der Waals surface area (Å²) in [6.07, 6.45) is 13.6. The van der Waals surface area contributed by atoms with Crippen LogP contribution in [-0.2, 0) is 0 Å². The van der Waals surface area contributed by atoms with Crippen LogP contribution in [0.5, 0.6) is 0 Å². The van der Waals surface area contributed by atoms with E-state index in [2.05, 4.69) is 25.2 Å². The standard InChI is InChI=1S/C16H29N/c1-13(2)15-8-5-9-16(12-15)17-11-10-14-6-3-4-7-14/h6,13,15-17H,3-5,7-12H2,1-2H3. The topological polar surface area (TPSA) is 12.0 Å². The Kier molecular flexibility index (Phi) is 5.09. The molecule has 2 atom stereocenters. The van der Waals surface area contributed by atoms with Crippen molar-refractivity contribution in [3.05, 3.63) is 11.6 Å². The van der Waals surface area contributed by atoms with E-state index in [9.17, 15) is 0 Å². The summed E-state index contributed by atoms with van der Waals surface area (Å²) in [6, 6.07) is 0.804. The van der Waals surface area contributed by atoms with Gasteiger partial charge in [0.15, 0.2) is 0 Å². The van der Waals surface area contributed by atoms with Crippen molar-refractivity contribution >= 4 is 0 Å². The average Bonchev–Trinajstić information content (AvgIpc) is 2.82. The van der Waals surface area contributed by atoms with Crippen LogP contribution in [0.2, 0.25) is 0 Å². The van der Waals surface area contributed by atoms with Crippen molar-refractivity contribution in [2.75, 3.05) is 6.54 Å². The van der Waals surface area contributed by atoms with Gasteiger partial charge < -0.3 is 5.32 Å². The molecule has 0 aromatic carbocycles. The summed E-state index contributed by atoms with van der Waals surface area (Å²) < 4.78 is 0. The molecule has 98 valence electrons. The molecular weight excluding hydrogens is 206 g/mol. The highest BCUT2D eigenvalue weighted by Crippen LogP contribution is 2.30. The first kappa shape index (κ1) is 13.1. The Morgan fingerprint density at radius 1 is 1.29 bits per heavy atom. The lowest BCUT2D eigenvalue weighted by atomic mass is 9.79. The van der Waals surface area contributed by atoms with Crippen LogP contribution in [0.4, 0.5) is 0 Å². The van der Waals surface area contributed by atoms with Crippen molar-refractivity contribution < 1.29 is 0 Å². The first-order valence-corrected chi connectivity index (χ1v) is 7.67. The van der Waals surface area contributed by atoms with Gasteiger partial charge in [0.05, 0.1) is 0 Å². The normalized spacial score (nSPS) is 29.7. The number of hydrogen-bond acceptors (Lipinski definition) is 1. The van der Waals surface area contributed by atoms with E-state index in [0.29, 0.717) is 0 Å². The fourth-order valence-corrected chi connectivity index (χ4v) is 3.42. The molecule has 0 radical (unpaired) electrons. The minimum atomic E-state index is 0.804. The van der Waals surface area contributed by atoms with Crippen LogP contribution >= 0.6 is 0 Å². The number of nitrogens with one attached hydrogen (secondary N) is 1. The minimum absolute atomic E-state index is 0.804. The Labute approximate surface area is 107 Å². The van der Waals surface area contributed by atoms with E-state index in [1.165, 1.54) is 57.9 Å². The fraction of sp³-hybridized carbons (Fsp3) is 0.875. The largest absolute Gasteiger partial charge is 0.314 e. The summed E-state index contributed by atoms with van der Waals surface area (Å²) in [4.78, 5) is 0. The van der Waals surface area contributed by atoms with Gasteiger partial charge in [-0.25, -0.2) is 0 Å². The van der Waals surface area contributed by atoms with E-state index in [0.717, 1.165) is 17.9 Å². The van der Waals surface area contributed by atoms with Gasteiger partial charge in [-0.2, -0.15) is 0 Å². The van der Waals surface area contributed by atoms with Crippen LogP contribution in [0.25, 0.3) is 0 Å². The van der Waals surface area contributed by atoms with E-state index in [-0.39, 0.29) is 0 Å². The van der Waals surface area contributed by atoms with Gasteiger partial charge in [-0.05, 0) is 56.9 Å². The van der Waals surface area contributed by atoms with Gasteiger partial charge in [0.2, 0.25) is 0 Å². The molecule has 2 aliphatic rings. The minimum Gasteiger partial charge on any atom is -0.314 e. The third-order valence-electron chi connectivity index (χ3n) is 4.67. The third kappa shape index (κ3) is 4.13. The Morgan fingerprint density at radius 3 is 2.88 bits per heavy atom. The van der Waals surface area contributed by atoms with Crippen molar-refractivity contribution in [3.63, 3.8) is 0 Å². The second kappa shape index (κ2) is 6.58. The Balaban J connectivity index is 1.64. The summed E-state index contributed by atoms with van der Waals surface area (Å²) >= 11 is 0. The molecule has 1 N–H and O–H groups in total. The molecule has 0 aromatic rings. The molecule has 1 nitrogen and oxygen atoms in total. The fourth-order valence-electron chi connectivity index (χ4n) is 3.42. The number of allylic oxidation sites excluding steroid dienone is 1. The third-order valence-corrected chi connectivity index (χ3v) is 4.67. The van der Waals surface area contributed by atoms with Crippen molar-refractivity contribution in [2.45, 2.75) is 71.3 Å². The van der Waals surface area contributed by atoms with Gasteiger partial charge in [-0.1, -0.05) is 38.3 Å². The summed E-state index contributed by atoms with van der Waals surface area (Å²) in [5, 5.41) is 3.79. The molecule has 17 heavy (non-hydrogen) atoms. The van der Waals surface area contributed by atoms with Crippen LogP contribution in [0.3, 0.4) is 0 Å². The first-order valence-electron chi connectivity index (χ1n) is 7.67. The van der Waals surface area contributed by atoms with Crippen molar-refractivity contribution in [2.24, 2.45) is 11.8 Å². The molecular formula is C16H29N. The summed E-state index contributed by atoms with van der Waals surface area (Å²) in [5.74, 6) is 1.84. The lowest BCUT2D eigenvalue weighted by Gasteiger charge is -2.32. The summed E-state index contributed by atoms with van der Waals surface area (Å²) in [5.41, 5.74) is 1.70. The molecule has 0 amide bonds. The highest BCUT2D eigenvalue weighted by atomic mass is 14.9. The number of rotatable bonds is 5. The number of hydrogen-bond donors (Lipinski definition) is 1. The van der Waals surface area contributed by atoms with E-state index >= 15 is 0 Å². The predicted molar refractivity (Wildman–Crippen MR) is 75.1 cm³/mol. The van der Waals surface area contributed by atoms with Crippen LogP contribution in [0.1, 0.15) is 65.2 Å². The average molecular weight is 235 g/mol. The molecule has 0 spiro atoms. The molecule has 1 saturated carbocycles. The lowest BCUT2D eigenvalue weighted by molar-refractivity contribution is 0.232. The maximum absolute atomic E-state index is 3.79. The van der Waals surface area contributed by atoms with Gasteiger partial charge in [0.1, 0.15) is 0 Å². The van der Waals surface area contributed by atoms with E-state index in [4.69, 9.17) is 0 Å². The van der Waals surface area contributed by atoms with Crippen molar-refractivity contribution in [1.82, 2.24) is 5.32 Å². The highest BCUT2D eigenvalue weighted by molar-refractivity contribution is 5.07. The van der Waals surface area contributed by atoms with E-state index in [1.807, 2.05) is 0 Å². The lowest BCUT2D eigenvalue weighted by Crippen LogP contribution is -2.36. The molecule has 0 bridgehead atoms. The quantitative estimate of drug-likeness (QED) is 0.701. The second-order valence-corrected chi connectivity index (χ2v) is 6.33. The zero-order valence-corrected chi connectivity index (χ0v) is 11.7. The van der Waals surface area contributed by atoms with Gasteiger partial charge in [-0.3, -0.25) is 0 Å². The van der Waals surface area contributed by atoms with Crippen LogP contribution < -0.4 is 5.32 Å². The van der Waals surface area contributed by atoms with Gasteiger partial charge in [0.25, 0.3) is 0 Å². The molecule has 2 unspecified atom stereocenters. The van der Waals surface area contributed by atoms with Gasteiger partial charge in [0, 0.05) is 6.04 Å². The molecule has 0 aliphatic heterocycles. The molecule has 0 heterocycles. The molecule has 2 aliphatic carbocycles. The van der Waals surface area contributed by atoms with Crippen molar-refractivity contribution in [3.8, 4) is 0 Å². The smallest absolute Gasteiger partial charge is 0.00699 e. The summed E-state index contributed by atoms with van der Waals surface area (Å²) in [7, 11) is 0. The molecule has 1 fully saturated rings. The Bertz CT molecular complexity index is 254. The van der Waals surface area contributed by atoms with E-state index in [1.54, 1.807) is 5.57 Å². The molecule has 1 heteroatoms. The predicted octanol–water partition coefficient (Wildman–Crippen LogP) is 4.29. The first-order chi connectivity index (χ1) is 8.25. The van der Waals surface area contributed by atoms with Gasteiger partial charge >= 0.3 is 0 Å². The Morgan fingerprint density at radius 2 is 2.18 bits per heavy atom. The zero-order valence-electron chi connectivity index (χ0n) is 11.7. The Hall–Kier alpha value is -0.300. The summed E-state index contributed by atoms with van der Waals surface area (Å²) in [6.45, 7) is 5.98. The van der Waals surface area contributed by atoms with Crippen molar-refractivity contribution in [1.29, 1.82) is 0 Å². The SMILES string of the molecule is CC(C)C1CCCC(NCCC2=CCCC2)C1. The second-order valence-electron chi connectivity index (χ2n) is 6.33. The van der Waals surface area contributed by atoms with Crippen LogP contribution in [0, 0.1) is 11.8 Å². The van der Waals surface area contributed by atoms with E-state index < -0.39 is 0 Å². The monoisotopic (exact) mass is 235 g/mol. The maximum Gasteiger partial charge on any atom is 0.00699 e. The zero-order chi connectivity index (χ0) is 12.1. The molecule has 2 rings (SSSR count). The molecule has 0 saturated heterocycles.